The van der Waals surface area contributed by atoms with Crippen LogP contribution in [0.15, 0.2) is 48.9 Å². The third-order valence-corrected chi connectivity index (χ3v) is 4.19. The number of carbonyl (C=O) groups excluding carboxylic acids is 1. The molecule has 29 heavy (non-hydrogen) atoms. The van der Waals surface area contributed by atoms with Gasteiger partial charge in [-0.2, -0.15) is 0 Å². The SMILES string of the molecule is Cc1ccnc(Nc2cc(NCCNC(=O)Nc3ccc(C)cc3C)ncn2)c1. The van der Waals surface area contributed by atoms with Gasteiger partial charge < -0.3 is 21.3 Å². The van der Waals surface area contributed by atoms with Crippen LogP contribution in [0, 0.1) is 20.8 Å². The Morgan fingerprint density at radius 2 is 1.62 bits per heavy atom. The molecule has 0 saturated heterocycles. The van der Waals surface area contributed by atoms with Crippen molar-refractivity contribution < 1.29 is 4.79 Å². The molecule has 3 rings (SSSR count). The third kappa shape index (κ3) is 6.17. The number of pyridine rings is 1. The highest BCUT2D eigenvalue weighted by molar-refractivity contribution is 5.90. The number of amides is 2. The lowest BCUT2D eigenvalue weighted by Gasteiger charge is -2.11. The van der Waals surface area contributed by atoms with Crippen LogP contribution in [-0.4, -0.2) is 34.1 Å². The summed E-state index contributed by atoms with van der Waals surface area (Å²) in [5.74, 6) is 2.02. The van der Waals surface area contributed by atoms with Crippen molar-refractivity contribution in [2.75, 3.05) is 29.0 Å². The smallest absolute Gasteiger partial charge is 0.319 e. The summed E-state index contributed by atoms with van der Waals surface area (Å²) in [4.78, 5) is 24.7. The van der Waals surface area contributed by atoms with Crippen LogP contribution in [0.5, 0.6) is 0 Å². The van der Waals surface area contributed by atoms with Gasteiger partial charge in [0.05, 0.1) is 0 Å². The van der Waals surface area contributed by atoms with Crippen LogP contribution in [0.3, 0.4) is 0 Å². The number of rotatable bonds is 7. The summed E-state index contributed by atoms with van der Waals surface area (Å²) in [6.45, 7) is 6.97. The van der Waals surface area contributed by atoms with E-state index in [4.69, 9.17) is 0 Å². The van der Waals surface area contributed by atoms with Crippen molar-refractivity contribution in [2.45, 2.75) is 20.8 Å². The van der Waals surface area contributed by atoms with Gasteiger partial charge >= 0.3 is 6.03 Å². The highest BCUT2D eigenvalue weighted by Crippen LogP contribution is 2.16. The van der Waals surface area contributed by atoms with Gasteiger partial charge in [0.1, 0.15) is 23.8 Å². The van der Waals surface area contributed by atoms with Gasteiger partial charge in [-0.25, -0.2) is 19.7 Å². The molecule has 0 radical (unpaired) electrons. The Morgan fingerprint density at radius 1 is 0.862 bits per heavy atom. The van der Waals surface area contributed by atoms with Crippen LogP contribution in [0.2, 0.25) is 0 Å². The Hall–Kier alpha value is -3.68. The average Bonchev–Trinajstić information content (AvgIpc) is 2.68. The summed E-state index contributed by atoms with van der Waals surface area (Å²) in [7, 11) is 0. The van der Waals surface area contributed by atoms with Gasteiger partial charge in [-0.15, -0.1) is 0 Å². The fraction of sp³-hybridized carbons (Fsp3) is 0.238. The number of carbonyl (C=O) groups is 1. The quantitative estimate of drug-likeness (QED) is 0.457. The van der Waals surface area contributed by atoms with Crippen LogP contribution >= 0.6 is 0 Å². The van der Waals surface area contributed by atoms with Gasteiger partial charge in [0.2, 0.25) is 0 Å². The van der Waals surface area contributed by atoms with Gasteiger partial charge in [-0.3, -0.25) is 0 Å². The van der Waals surface area contributed by atoms with Crippen molar-refractivity contribution in [3.05, 3.63) is 65.6 Å². The van der Waals surface area contributed by atoms with Crippen LogP contribution in [0.1, 0.15) is 16.7 Å². The topological polar surface area (TPSA) is 104 Å². The number of urea groups is 1. The Kier molecular flexibility index (Phi) is 6.57. The minimum Gasteiger partial charge on any atom is -0.368 e. The summed E-state index contributed by atoms with van der Waals surface area (Å²) in [6.07, 6.45) is 3.22. The molecule has 0 aliphatic carbocycles. The molecule has 8 nitrogen and oxygen atoms in total. The maximum Gasteiger partial charge on any atom is 0.319 e. The Morgan fingerprint density at radius 3 is 2.41 bits per heavy atom. The number of nitrogens with zero attached hydrogens (tertiary/aromatic N) is 3. The third-order valence-electron chi connectivity index (χ3n) is 4.19. The van der Waals surface area contributed by atoms with E-state index < -0.39 is 0 Å². The largest absolute Gasteiger partial charge is 0.368 e. The summed E-state index contributed by atoms with van der Waals surface area (Å²) in [5.41, 5.74) is 4.11. The first-order valence-electron chi connectivity index (χ1n) is 9.37. The molecular formula is C21H25N7O. The lowest BCUT2D eigenvalue weighted by atomic mass is 10.1. The molecule has 0 fully saturated rings. The predicted octanol–water partition coefficient (Wildman–Crippen LogP) is 3.77. The van der Waals surface area contributed by atoms with E-state index in [-0.39, 0.29) is 6.03 Å². The van der Waals surface area contributed by atoms with Crippen molar-refractivity contribution >= 4 is 29.2 Å². The number of aryl methyl sites for hydroxylation is 3. The van der Waals surface area contributed by atoms with Crippen molar-refractivity contribution in [3.63, 3.8) is 0 Å². The van der Waals surface area contributed by atoms with Crippen molar-refractivity contribution in [2.24, 2.45) is 0 Å². The van der Waals surface area contributed by atoms with Crippen LogP contribution in [0.25, 0.3) is 0 Å². The minimum atomic E-state index is -0.241. The predicted molar refractivity (Wildman–Crippen MR) is 116 cm³/mol. The van der Waals surface area contributed by atoms with Crippen LogP contribution in [-0.2, 0) is 0 Å². The van der Waals surface area contributed by atoms with Crippen molar-refractivity contribution in [3.8, 4) is 0 Å². The van der Waals surface area contributed by atoms with E-state index in [0.717, 1.165) is 28.2 Å². The number of hydrogen-bond donors (Lipinski definition) is 4. The van der Waals surface area contributed by atoms with Crippen molar-refractivity contribution in [1.29, 1.82) is 0 Å². The molecule has 2 aromatic heterocycles. The first-order valence-corrected chi connectivity index (χ1v) is 9.37. The second-order valence-electron chi connectivity index (χ2n) is 6.76. The molecule has 0 aliphatic rings. The second kappa shape index (κ2) is 9.50. The van der Waals surface area contributed by atoms with Gasteiger partial charge in [0.25, 0.3) is 0 Å². The lowest BCUT2D eigenvalue weighted by molar-refractivity contribution is 0.252. The molecule has 1 aromatic carbocycles. The van der Waals surface area contributed by atoms with Crippen LogP contribution < -0.4 is 21.3 Å². The van der Waals surface area contributed by atoms with Crippen molar-refractivity contribution in [1.82, 2.24) is 20.3 Å². The molecule has 0 bridgehead atoms. The van der Waals surface area contributed by atoms with E-state index in [0.29, 0.717) is 24.7 Å². The monoisotopic (exact) mass is 391 g/mol. The fourth-order valence-electron chi connectivity index (χ4n) is 2.75. The molecule has 0 aliphatic heterocycles. The molecule has 4 N–H and O–H groups in total. The van der Waals surface area contributed by atoms with Gasteiger partial charge in [0, 0.05) is 31.0 Å². The summed E-state index contributed by atoms with van der Waals surface area (Å²) < 4.78 is 0. The van der Waals surface area contributed by atoms with E-state index in [1.165, 1.54) is 6.33 Å². The number of hydrogen-bond acceptors (Lipinski definition) is 6. The molecule has 0 saturated carbocycles. The summed E-state index contributed by atoms with van der Waals surface area (Å²) >= 11 is 0. The van der Waals surface area contributed by atoms with E-state index in [9.17, 15) is 4.79 Å². The van der Waals surface area contributed by atoms with Gasteiger partial charge in [-0.05, 0) is 50.1 Å². The Bertz CT molecular complexity index is 990. The average molecular weight is 391 g/mol. The maximum atomic E-state index is 12.1. The number of aromatic nitrogens is 3. The first-order chi connectivity index (χ1) is 14.0. The molecule has 0 unspecified atom stereocenters. The molecule has 2 heterocycles. The number of benzene rings is 1. The van der Waals surface area contributed by atoms with Crippen LogP contribution in [0.4, 0.5) is 27.9 Å². The summed E-state index contributed by atoms with van der Waals surface area (Å²) in [6, 6.07) is 11.3. The molecular weight excluding hydrogens is 366 g/mol. The Balaban J connectivity index is 1.45. The molecule has 8 heteroatoms. The molecule has 150 valence electrons. The minimum absolute atomic E-state index is 0.241. The maximum absolute atomic E-state index is 12.1. The highest BCUT2D eigenvalue weighted by atomic mass is 16.2. The van der Waals surface area contributed by atoms with E-state index in [2.05, 4.69) is 36.2 Å². The Labute approximate surface area is 170 Å². The zero-order valence-corrected chi connectivity index (χ0v) is 16.8. The second-order valence-corrected chi connectivity index (χ2v) is 6.76. The molecule has 2 amide bonds. The van der Waals surface area contributed by atoms with E-state index in [1.54, 1.807) is 12.3 Å². The summed E-state index contributed by atoms with van der Waals surface area (Å²) in [5, 5.41) is 12.0. The fourth-order valence-corrected chi connectivity index (χ4v) is 2.75. The van der Waals surface area contributed by atoms with E-state index >= 15 is 0 Å². The first kappa shape index (κ1) is 20.1. The number of nitrogens with one attached hydrogen (secondary N) is 4. The normalized spacial score (nSPS) is 10.3. The zero-order chi connectivity index (χ0) is 20.6. The van der Waals surface area contributed by atoms with E-state index in [1.807, 2.05) is 51.1 Å². The molecule has 0 atom stereocenters. The highest BCUT2D eigenvalue weighted by Gasteiger charge is 2.04. The van der Waals surface area contributed by atoms with Gasteiger partial charge in [0.15, 0.2) is 0 Å². The standard InChI is InChI=1S/C21H25N7O/c1-14-4-5-17(16(3)10-14)27-21(29)24-9-8-23-18-12-20(26-13-25-18)28-19-11-15(2)6-7-22-19/h4-7,10-13H,8-9H2,1-3H3,(H2,24,27,29)(H2,22,23,25,26,28). The molecule has 0 spiro atoms. The number of anilines is 4. The molecule has 3 aromatic rings. The van der Waals surface area contributed by atoms with Gasteiger partial charge in [-0.1, -0.05) is 17.7 Å². The zero-order valence-electron chi connectivity index (χ0n) is 16.8. The lowest BCUT2D eigenvalue weighted by Crippen LogP contribution is -2.32.